The zero-order valence-electron chi connectivity index (χ0n) is 8.84. The molecule has 0 fully saturated rings. The Morgan fingerprint density at radius 2 is 2.29 bits per heavy atom. The standard InChI is InChI=1S/C12H17NO/c1-9(2)8-14-11-5-3-4-10-6-7-13-12(10)11/h3-5,9,13H,6-8H2,1-2H3. The van der Waals surface area contributed by atoms with Crippen molar-refractivity contribution in [3.8, 4) is 5.75 Å². The van der Waals surface area contributed by atoms with Crippen molar-refractivity contribution in [2.75, 3.05) is 18.5 Å². The molecule has 1 heterocycles. The van der Waals surface area contributed by atoms with Crippen molar-refractivity contribution < 1.29 is 4.74 Å². The predicted molar refractivity (Wildman–Crippen MR) is 59.0 cm³/mol. The maximum atomic E-state index is 5.75. The van der Waals surface area contributed by atoms with Crippen LogP contribution in [0.5, 0.6) is 5.75 Å². The van der Waals surface area contributed by atoms with Gasteiger partial charge in [0.05, 0.1) is 12.3 Å². The topological polar surface area (TPSA) is 21.3 Å². The van der Waals surface area contributed by atoms with Gasteiger partial charge in [-0.3, -0.25) is 0 Å². The van der Waals surface area contributed by atoms with Gasteiger partial charge < -0.3 is 10.1 Å². The van der Waals surface area contributed by atoms with Gasteiger partial charge in [0.15, 0.2) is 0 Å². The molecule has 0 unspecified atom stereocenters. The van der Waals surface area contributed by atoms with Gasteiger partial charge in [0, 0.05) is 6.54 Å². The van der Waals surface area contributed by atoms with Gasteiger partial charge in [0.25, 0.3) is 0 Å². The summed E-state index contributed by atoms with van der Waals surface area (Å²) in [5, 5.41) is 3.37. The molecule has 1 aromatic carbocycles. The van der Waals surface area contributed by atoms with E-state index in [1.165, 1.54) is 11.3 Å². The molecule has 1 aliphatic heterocycles. The Bertz CT molecular complexity index is 320. The molecule has 0 bridgehead atoms. The number of benzene rings is 1. The van der Waals surface area contributed by atoms with E-state index in [2.05, 4.69) is 31.3 Å². The highest BCUT2D eigenvalue weighted by Gasteiger charge is 2.14. The molecule has 0 saturated carbocycles. The molecule has 0 amide bonds. The highest BCUT2D eigenvalue weighted by atomic mass is 16.5. The fourth-order valence-corrected chi connectivity index (χ4v) is 1.68. The van der Waals surface area contributed by atoms with E-state index in [0.717, 1.165) is 25.3 Å². The molecule has 0 aromatic heterocycles. The van der Waals surface area contributed by atoms with Crippen molar-refractivity contribution in [3.63, 3.8) is 0 Å². The number of anilines is 1. The molecule has 2 rings (SSSR count). The lowest BCUT2D eigenvalue weighted by molar-refractivity contribution is 0.272. The minimum Gasteiger partial charge on any atom is -0.491 e. The number of nitrogens with one attached hydrogen (secondary N) is 1. The first-order chi connectivity index (χ1) is 6.77. The van der Waals surface area contributed by atoms with Crippen molar-refractivity contribution >= 4 is 5.69 Å². The van der Waals surface area contributed by atoms with E-state index in [4.69, 9.17) is 4.74 Å². The van der Waals surface area contributed by atoms with E-state index < -0.39 is 0 Å². The fraction of sp³-hybridized carbons (Fsp3) is 0.500. The first-order valence-corrected chi connectivity index (χ1v) is 5.26. The summed E-state index contributed by atoms with van der Waals surface area (Å²) in [7, 11) is 0. The van der Waals surface area contributed by atoms with Crippen LogP contribution in [0.4, 0.5) is 5.69 Å². The summed E-state index contributed by atoms with van der Waals surface area (Å²) in [6, 6.07) is 6.28. The van der Waals surface area contributed by atoms with Crippen molar-refractivity contribution in [2.24, 2.45) is 5.92 Å². The molecule has 0 radical (unpaired) electrons. The normalized spacial score (nSPS) is 13.9. The molecule has 1 N–H and O–H groups in total. The summed E-state index contributed by atoms with van der Waals surface area (Å²) in [4.78, 5) is 0. The molecule has 0 saturated heterocycles. The Morgan fingerprint density at radius 3 is 3.07 bits per heavy atom. The van der Waals surface area contributed by atoms with Crippen LogP contribution in [0.25, 0.3) is 0 Å². The first-order valence-electron chi connectivity index (χ1n) is 5.26. The summed E-state index contributed by atoms with van der Waals surface area (Å²) in [5.74, 6) is 1.58. The molecule has 1 aliphatic rings. The molecule has 1 aromatic rings. The van der Waals surface area contributed by atoms with Crippen LogP contribution < -0.4 is 10.1 Å². The third-order valence-corrected chi connectivity index (χ3v) is 2.38. The second kappa shape index (κ2) is 3.91. The number of rotatable bonds is 3. The molecule has 0 aliphatic carbocycles. The van der Waals surface area contributed by atoms with Crippen molar-refractivity contribution in [1.82, 2.24) is 0 Å². The Hall–Kier alpha value is -1.18. The molecule has 0 spiro atoms. The quantitative estimate of drug-likeness (QED) is 0.793. The third-order valence-electron chi connectivity index (χ3n) is 2.38. The van der Waals surface area contributed by atoms with E-state index in [0.29, 0.717) is 5.92 Å². The summed E-state index contributed by atoms with van der Waals surface area (Å²) < 4.78 is 5.75. The van der Waals surface area contributed by atoms with E-state index in [1.807, 2.05) is 6.07 Å². The van der Waals surface area contributed by atoms with Crippen LogP contribution in [0.2, 0.25) is 0 Å². The minimum atomic E-state index is 0.576. The van der Waals surface area contributed by atoms with E-state index in [9.17, 15) is 0 Å². The van der Waals surface area contributed by atoms with Crippen LogP contribution in [0.1, 0.15) is 19.4 Å². The lowest BCUT2D eigenvalue weighted by atomic mass is 10.1. The second-order valence-corrected chi connectivity index (χ2v) is 4.17. The van der Waals surface area contributed by atoms with Gasteiger partial charge in [-0.2, -0.15) is 0 Å². The molecule has 2 nitrogen and oxygen atoms in total. The molecule has 76 valence electrons. The number of hydrogen-bond donors (Lipinski definition) is 1. The van der Waals surface area contributed by atoms with Gasteiger partial charge in [-0.15, -0.1) is 0 Å². The maximum absolute atomic E-state index is 5.75. The number of ether oxygens (including phenoxy) is 1. The lowest BCUT2D eigenvalue weighted by Crippen LogP contribution is -2.05. The Kier molecular flexibility index (Phi) is 2.62. The van der Waals surface area contributed by atoms with Crippen LogP contribution >= 0.6 is 0 Å². The summed E-state index contributed by atoms with van der Waals surface area (Å²) in [6.07, 6.45) is 1.12. The molecule has 0 atom stereocenters. The predicted octanol–water partition coefficient (Wildman–Crippen LogP) is 2.69. The van der Waals surface area contributed by atoms with Gasteiger partial charge in [-0.1, -0.05) is 26.0 Å². The summed E-state index contributed by atoms with van der Waals surface area (Å²) in [5.41, 5.74) is 2.58. The van der Waals surface area contributed by atoms with Crippen LogP contribution in [0.15, 0.2) is 18.2 Å². The van der Waals surface area contributed by atoms with Gasteiger partial charge in [-0.05, 0) is 24.0 Å². The van der Waals surface area contributed by atoms with E-state index in [1.54, 1.807) is 0 Å². The Labute approximate surface area is 85.3 Å². The number of hydrogen-bond acceptors (Lipinski definition) is 2. The molecule has 2 heteroatoms. The second-order valence-electron chi connectivity index (χ2n) is 4.17. The van der Waals surface area contributed by atoms with Crippen molar-refractivity contribution in [2.45, 2.75) is 20.3 Å². The average molecular weight is 191 g/mol. The van der Waals surface area contributed by atoms with Crippen LogP contribution in [0.3, 0.4) is 0 Å². The maximum Gasteiger partial charge on any atom is 0.142 e. The third kappa shape index (κ3) is 1.84. The largest absolute Gasteiger partial charge is 0.491 e. The van der Waals surface area contributed by atoms with Gasteiger partial charge in [0.1, 0.15) is 5.75 Å². The highest BCUT2D eigenvalue weighted by Crippen LogP contribution is 2.32. The minimum absolute atomic E-state index is 0.576. The van der Waals surface area contributed by atoms with Crippen LogP contribution in [-0.2, 0) is 6.42 Å². The van der Waals surface area contributed by atoms with Gasteiger partial charge in [0.2, 0.25) is 0 Å². The van der Waals surface area contributed by atoms with E-state index in [-0.39, 0.29) is 0 Å². The van der Waals surface area contributed by atoms with Gasteiger partial charge in [-0.25, -0.2) is 0 Å². The zero-order chi connectivity index (χ0) is 9.97. The monoisotopic (exact) mass is 191 g/mol. The Balaban J connectivity index is 2.14. The van der Waals surface area contributed by atoms with E-state index >= 15 is 0 Å². The van der Waals surface area contributed by atoms with Crippen molar-refractivity contribution in [1.29, 1.82) is 0 Å². The first kappa shape index (κ1) is 9.38. The van der Waals surface area contributed by atoms with Crippen LogP contribution in [-0.4, -0.2) is 13.2 Å². The Morgan fingerprint density at radius 1 is 1.43 bits per heavy atom. The number of fused-ring (bicyclic) bond motifs is 1. The fourth-order valence-electron chi connectivity index (χ4n) is 1.68. The molecule has 14 heavy (non-hydrogen) atoms. The van der Waals surface area contributed by atoms with Gasteiger partial charge >= 0.3 is 0 Å². The molecular weight excluding hydrogens is 174 g/mol. The summed E-state index contributed by atoms with van der Waals surface area (Å²) >= 11 is 0. The molecular formula is C12H17NO. The van der Waals surface area contributed by atoms with Crippen LogP contribution in [0, 0.1) is 5.92 Å². The smallest absolute Gasteiger partial charge is 0.142 e. The van der Waals surface area contributed by atoms with Crippen molar-refractivity contribution in [3.05, 3.63) is 23.8 Å². The highest BCUT2D eigenvalue weighted by molar-refractivity contribution is 5.65. The number of para-hydroxylation sites is 1. The SMILES string of the molecule is CC(C)COc1cccc2c1NCC2. The zero-order valence-corrected chi connectivity index (χ0v) is 8.84. The average Bonchev–Trinajstić information content (AvgIpc) is 2.62. The summed E-state index contributed by atoms with van der Waals surface area (Å²) in [6.45, 7) is 6.16. The lowest BCUT2D eigenvalue weighted by Gasteiger charge is -2.12.